The van der Waals surface area contributed by atoms with Gasteiger partial charge in [0.15, 0.2) is 15.6 Å². The van der Waals surface area contributed by atoms with E-state index in [2.05, 4.69) is 19.9 Å². The summed E-state index contributed by atoms with van der Waals surface area (Å²) in [5.74, 6) is -0.00635. The first kappa shape index (κ1) is 20.4. The van der Waals surface area contributed by atoms with Crippen molar-refractivity contribution in [3.63, 3.8) is 0 Å². The van der Waals surface area contributed by atoms with Gasteiger partial charge in [0, 0.05) is 6.42 Å². The Bertz CT molecular complexity index is 825. The predicted molar refractivity (Wildman–Crippen MR) is 107 cm³/mol. The largest absolute Gasteiger partial charge is 0.295 e. The van der Waals surface area contributed by atoms with Crippen molar-refractivity contribution >= 4 is 15.6 Å². The quantitative estimate of drug-likeness (QED) is 0.618. The van der Waals surface area contributed by atoms with E-state index in [-0.39, 0.29) is 12.2 Å². The van der Waals surface area contributed by atoms with Crippen LogP contribution in [0.5, 0.6) is 0 Å². The second kappa shape index (κ2) is 8.63. The van der Waals surface area contributed by atoms with Crippen LogP contribution < -0.4 is 0 Å². The molecule has 1 aromatic carbocycles. The van der Waals surface area contributed by atoms with Gasteiger partial charge in [-0.25, -0.2) is 8.42 Å². The average Bonchev–Trinajstić information content (AvgIpc) is 2.62. The highest BCUT2D eigenvalue weighted by Gasteiger charge is 2.43. The third kappa shape index (κ3) is 4.82. The lowest BCUT2D eigenvalue weighted by Gasteiger charge is -2.32. The van der Waals surface area contributed by atoms with Crippen LogP contribution in [0, 0.1) is 0 Å². The van der Waals surface area contributed by atoms with E-state index in [1.54, 1.807) is 36.4 Å². The van der Waals surface area contributed by atoms with Gasteiger partial charge in [0.2, 0.25) is 0 Å². The smallest absolute Gasteiger partial charge is 0.187 e. The highest BCUT2D eigenvalue weighted by atomic mass is 32.2. The minimum absolute atomic E-state index is 0.00635. The minimum atomic E-state index is -3.57. The molecule has 0 heterocycles. The molecular weight excluding hydrogens is 344 g/mol. The van der Waals surface area contributed by atoms with Crippen molar-refractivity contribution in [3.05, 3.63) is 65.8 Å². The Labute approximate surface area is 157 Å². The molecule has 1 atom stereocenters. The van der Waals surface area contributed by atoms with Crippen LogP contribution in [-0.2, 0) is 14.6 Å². The van der Waals surface area contributed by atoms with Gasteiger partial charge in [0.25, 0.3) is 0 Å². The number of carbonyl (C=O) groups is 1. The van der Waals surface area contributed by atoms with E-state index in [4.69, 9.17) is 0 Å². The summed E-state index contributed by atoms with van der Waals surface area (Å²) in [6.45, 7) is 6.19. The molecule has 0 amide bonds. The molecule has 0 N–H and O–H groups in total. The van der Waals surface area contributed by atoms with Crippen LogP contribution in [0.2, 0.25) is 0 Å². The molecule has 4 heteroatoms. The number of carbonyl (C=O) groups excluding carboxylic acids is 1. The second-order valence-corrected chi connectivity index (χ2v) is 9.55. The summed E-state index contributed by atoms with van der Waals surface area (Å²) in [6, 6.07) is 8.54. The van der Waals surface area contributed by atoms with E-state index in [1.807, 2.05) is 13.0 Å². The van der Waals surface area contributed by atoms with Gasteiger partial charge in [-0.05, 0) is 64.7 Å². The second-order valence-electron chi connectivity index (χ2n) is 7.26. The topological polar surface area (TPSA) is 51.2 Å². The summed E-state index contributed by atoms with van der Waals surface area (Å²) >= 11 is 0. The zero-order valence-electron chi connectivity index (χ0n) is 15.9. The van der Waals surface area contributed by atoms with Crippen LogP contribution in [0.4, 0.5) is 0 Å². The fourth-order valence-corrected chi connectivity index (χ4v) is 5.03. The molecule has 0 spiro atoms. The molecule has 1 aliphatic carbocycles. The lowest BCUT2D eigenvalue weighted by atomic mass is 9.90. The summed E-state index contributed by atoms with van der Waals surface area (Å²) in [7, 11) is -3.57. The normalized spacial score (nSPS) is 20.9. The van der Waals surface area contributed by atoms with Gasteiger partial charge >= 0.3 is 0 Å². The van der Waals surface area contributed by atoms with Crippen LogP contribution >= 0.6 is 0 Å². The van der Waals surface area contributed by atoms with Crippen molar-refractivity contribution in [1.29, 1.82) is 0 Å². The average molecular weight is 373 g/mol. The number of sulfone groups is 1. The van der Waals surface area contributed by atoms with E-state index in [0.717, 1.165) is 12.8 Å². The number of allylic oxidation sites excluding steroid dienone is 5. The molecule has 1 aromatic rings. The van der Waals surface area contributed by atoms with Gasteiger partial charge in [-0.2, -0.15) is 0 Å². The summed E-state index contributed by atoms with van der Waals surface area (Å²) < 4.78 is 25.6. The third-order valence-corrected chi connectivity index (χ3v) is 7.31. The van der Waals surface area contributed by atoms with Gasteiger partial charge < -0.3 is 0 Å². The van der Waals surface area contributed by atoms with E-state index in [9.17, 15) is 13.2 Å². The first-order valence-electron chi connectivity index (χ1n) is 9.08. The highest BCUT2D eigenvalue weighted by molar-refractivity contribution is 7.93. The van der Waals surface area contributed by atoms with Crippen LogP contribution in [0.3, 0.4) is 0 Å². The molecule has 0 saturated heterocycles. The van der Waals surface area contributed by atoms with Crippen LogP contribution in [0.15, 0.2) is 70.7 Å². The van der Waals surface area contributed by atoms with Crippen molar-refractivity contribution in [2.45, 2.75) is 62.5 Å². The van der Waals surface area contributed by atoms with Gasteiger partial charge in [-0.1, -0.05) is 47.6 Å². The van der Waals surface area contributed by atoms with Gasteiger partial charge in [-0.3, -0.25) is 4.79 Å². The molecule has 0 saturated carbocycles. The van der Waals surface area contributed by atoms with Crippen molar-refractivity contribution < 1.29 is 13.2 Å². The molecule has 0 aliphatic heterocycles. The molecular formula is C22H28O3S. The Morgan fingerprint density at radius 1 is 1.12 bits per heavy atom. The third-order valence-electron chi connectivity index (χ3n) is 4.84. The van der Waals surface area contributed by atoms with E-state index < -0.39 is 14.6 Å². The van der Waals surface area contributed by atoms with E-state index >= 15 is 0 Å². The Morgan fingerprint density at radius 3 is 2.38 bits per heavy atom. The lowest BCUT2D eigenvalue weighted by molar-refractivity contribution is -0.115. The summed E-state index contributed by atoms with van der Waals surface area (Å²) in [4.78, 5) is 12.0. The monoisotopic (exact) mass is 372 g/mol. The maximum absolute atomic E-state index is 13.3. The van der Waals surface area contributed by atoms with Crippen molar-refractivity contribution in [2.24, 2.45) is 0 Å². The fraction of sp³-hybridized carbons (Fsp3) is 0.409. The van der Waals surface area contributed by atoms with Crippen LogP contribution in [0.25, 0.3) is 0 Å². The first-order chi connectivity index (χ1) is 12.3. The summed E-state index contributed by atoms with van der Waals surface area (Å²) in [6.07, 6.45) is 10.1. The number of ketones is 1. The molecule has 26 heavy (non-hydrogen) atoms. The molecule has 0 radical (unpaired) electrons. The van der Waals surface area contributed by atoms with Crippen LogP contribution in [0.1, 0.15) is 52.9 Å². The molecule has 0 fully saturated rings. The van der Waals surface area contributed by atoms with Crippen molar-refractivity contribution in [2.75, 3.05) is 0 Å². The van der Waals surface area contributed by atoms with Gasteiger partial charge in [0.1, 0.15) is 0 Å². The van der Waals surface area contributed by atoms with Gasteiger partial charge in [0.05, 0.1) is 9.64 Å². The Hall–Kier alpha value is -1.94. The Morgan fingerprint density at radius 2 is 1.81 bits per heavy atom. The number of hydrogen-bond acceptors (Lipinski definition) is 3. The Kier molecular flexibility index (Phi) is 6.76. The summed E-state index contributed by atoms with van der Waals surface area (Å²) in [5.41, 5.74) is 2.46. The standard InChI is InChI=1S/C22H28O3S/c1-18(2)8-7-9-19(3)12-15-22(16-13-20(23)14-17-22)26(24,25)21-10-5-4-6-11-21/h4-6,8,10-13,16H,7,9,14-15,17H2,1-3H3/b19-12+. The van der Waals surface area contributed by atoms with E-state index in [0.29, 0.717) is 17.7 Å². The lowest BCUT2D eigenvalue weighted by Crippen LogP contribution is -2.39. The maximum Gasteiger partial charge on any atom is 0.187 e. The Balaban J connectivity index is 2.31. The number of benzene rings is 1. The zero-order chi connectivity index (χ0) is 19.2. The maximum atomic E-state index is 13.3. The molecule has 0 bridgehead atoms. The molecule has 3 nitrogen and oxygen atoms in total. The highest BCUT2D eigenvalue weighted by Crippen LogP contribution is 2.38. The van der Waals surface area contributed by atoms with Gasteiger partial charge in [-0.15, -0.1) is 0 Å². The molecule has 2 rings (SSSR count). The zero-order valence-corrected chi connectivity index (χ0v) is 16.7. The molecule has 1 aliphatic rings. The number of rotatable bonds is 7. The van der Waals surface area contributed by atoms with Crippen molar-refractivity contribution in [3.8, 4) is 0 Å². The number of hydrogen-bond donors (Lipinski definition) is 0. The van der Waals surface area contributed by atoms with Crippen LogP contribution in [-0.4, -0.2) is 18.9 Å². The molecule has 0 aromatic heterocycles. The fourth-order valence-electron chi connectivity index (χ4n) is 3.12. The predicted octanol–water partition coefficient (Wildman–Crippen LogP) is 5.20. The molecule has 140 valence electrons. The van der Waals surface area contributed by atoms with Crippen molar-refractivity contribution in [1.82, 2.24) is 0 Å². The minimum Gasteiger partial charge on any atom is -0.295 e. The van der Waals surface area contributed by atoms with E-state index in [1.165, 1.54) is 17.2 Å². The summed E-state index contributed by atoms with van der Waals surface area (Å²) in [5, 5.41) is 0. The first-order valence-corrected chi connectivity index (χ1v) is 10.6. The molecule has 1 unspecified atom stereocenters. The SMILES string of the molecule is CC(C)=CCC/C(C)=C/CC1(S(=O)(=O)c2ccccc2)C=CC(=O)CC1.